The number of benzene rings is 1. The van der Waals surface area contributed by atoms with Crippen LogP contribution in [0.25, 0.3) is 5.69 Å². The highest BCUT2D eigenvalue weighted by atomic mass is 19.1. The highest BCUT2D eigenvalue weighted by molar-refractivity contribution is 5.87. The molecule has 2 N–H and O–H groups in total. The Hall–Kier alpha value is -2.37. The smallest absolute Gasteiger partial charge is 0.358 e. The van der Waals surface area contributed by atoms with Gasteiger partial charge in [-0.1, -0.05) is 6.07 Å². The van der Waals surface area contributed by atoms with Crippen molar-refractivity contribution in [3.05, 3.63) is 42.2 Å². The van der Waals surface area contributed by atoms with E-state index >= 15 is 0 Å². The number of anilines is 1. The molecule has 0 aliphatic carbocycles. The predicted octanol–water partition coefficient (Wildman–Crippen LogP) is 1.97. The third kappa shape index (κ3) is 3.31. The van der Waals surface area contributed by atoms with E-state index in [9.17, 15) is 9.18 Å². The van der Waals surface area contributed by atoms with Crippen LogP contribution in [0, 0.1) is 0 Å². The number of alkyl halides is 1. The van der Waals surface area contributed by atoms with E-state index in [4.69, 9.17) is 10.5 Å². The molecule has 2 aromatic rings. The lowest BCUT2D eigenvalue weighted by Gasteiger charge is -2.02. The Morgan fingerprint density at radius 1 is 1.42 bits per heavy atom. The van der Waals surface area contributed by atoms with Gasteiger partial charge in [-0.15, -0.1) is 0 Å². The van der Waals surface area contributed by atoms with Gasteiger partial charge in [0.15, 0.2) is 5.69 Å². The van der Waals surface area contributed by atoms with Crippen LogP contribution in [0.15, 0.2) is 36.5 Å². The Balaban J connectivity index is 2.08. The number of nitrogens with zero attached hydrogens (tertiary/aromatic N) is 2. The average Bonchev–Trinajstić information content (AvgIpc) is 2.88. The van der Waals surface area contributed by atoms with Crippen LogP contribution in [0.2, 0.25) is 0 Å². The molecule has 0 amide bonds. The van der Waals surface area contributed by atoms with Crippen LogP contribution >= 0.6 is 0 Å². The third-order valence-corrected chi connectivity index (χ3v) is 2.44. The molecule has 0 atom stereocenters. The fourth-order valence-corrected chi connectivity index (χ4v) is 1.54. The van der Waals surface area contributed by atoms with E-state index in [-0.39, 0.29) is 18.7 Å². The molecule has 2 rings (SSSR count). The van der Waals surface area contributed by atoms with Crippen LogP contribution in [0.5, 0.6) is 0 Å². The fourth-order valence-electron chi connectivity index (χ4n) is 1.54. The highest BCUT2D eigenvalue weighted by Gasteiger charge is 2.11. The number of carbonyl (C=O) groups is 1. The molecule has 0 fully saturated rings. The Bertz CT molecular complexity index is 569. The summed E-state index contributed by atoms with van der Waals surface area (Å²) in [6.45, 7) is -0.453. The molecule has 0 saturated heterocycles. The van der Waals surface area contributed by atoms with E-state index in [2.05, 4.69) is 5.10 Å². The van der Waals surface area contributed by atoms with Crippen LogP contribution in [0.4, 0.5) is 10.1 Å². The molecule has 0 bridgehead atoms. The van der Waals surface area contributed by atoms with Gasteiger partial charge in [0.1, 0.15) is 0 Å². The first-order valence-corrected chi connectivity index (χ1v) is 5.85. The maximum absolute atomic E-state index is 11.9. The average molecular weight is 263 g/mol. The van der Waals surface area contributed by atoms with Crippen LogP contribution in [-0.4, -0.2) is 29.0 Å². The standard InChI is InChI=1S/C13H14FN3O2/c14-6-2-8-19-13(18)12-5-7-17(16-12)11-4-1-3-10(15)9-11/h1,3-5,7,9H,2,6,8,15H2. The summed E-state index contributed by atoms with van der Waals surface area (Å²) in [5.74, 6) is -0.559. The summed E-state index contributed by atoms with van der Waals surface area (Å²) in [4.78, 5) is 11.6. The van der Waals surface area contributed by atoms with E-state index in [0.29, 0.717) is 5.69 Å². The van der Waals surface area contributed by atoms with Gasteiger partial charge in [0.2, 0.25) is 0 Å². The van der Waals surface area contributed by atoms with E-state index in [1.807, 2.05) is 6.07 Å². The van der Waals surface area contributed by atoms with E-state index in [0.717, 1.165) is 5.69 Å². The maximum atomic E-state index is 11.9. The molecular formula is C13H14FN3O2. The number of halogens is 1. The third-order valence-electron chi connectivity index (χ3n) is 2.44. The number of nitrogen functional groups attached to an aromatic ring is 1. The predicted molar refractivity (Wildman–Crippen MR) is 68.9 cm³/mol. The zero-order valence-corrected chi connectivity index (χ0v) is 10.3. The number of aromatic nitrogens is 2. The van der Waals surface area contributed by atoms with Gasteiger partial charge in [-0.25, -0.2) is 9.48 Å². The Morgan fingerprint density at radius 3 is 3.00 bits per heavy atom. The SMILES string of the molecule is Nc1cccc(-n2ccc(C(=O)OCCCF)n2)c1. The quantitative estimate of drug-likeness (QED) is 0.508. The van der Waals surface area contributed by atoms with Gasteiger partial charge in [0.05, 0.1) is 19.0 Å². The number of hydrogen-bond acceptors (Lipinski definition) is 4. The second-order valence-corrected chi connectivity index (χ2v) is 3.92. The number of hydrogen-bond donors (Lipinski definition) is 1. The number of esters is 1. The fraction of sp³-hybridized carbons (Fsp3) is 0.231. The van der Waals surface area contributed by atoms with Crippen molar-refractivity contribution in [2.45, 2.75) is 6.42 Å². The summed E-state index contributed by atoms with van der Waals surface area (Å²) >= 11 is 0. The van der Waals surface area contributed by atoms with Gasteiger partial charge >= 0.3 is 5.97 Å². The molecule has 0 unspecified atom stereocenters. The lowest BCUT2D eigenvalue weighted by atomic mass is 10.3. The minimum atomic E-state index is -0.559. The first kappa shape index (κ1) is 13.1. The molecule has 0 aliphatic rings. The van der Waals surface area contributed by atoms with Crippen LogP contribution in [-0.2, 0) is 4.74 Å². The molecule has 0 saturated carbocycles. The maximum Gasteiger partial charge on any atom is 0.358 e. The van der Waals surface area contributed by atoms with Crippen LogP contribution < -0.4 is 5.73 Å². The van der Waals surface area contributed by atoms with Crippen molar-refractivity contribution in [3.8, 4) is 5.69 Å². The lowest BCUT2D eigenvalue weighted by molar-refractivity contribution is 0.0486. The summed E-state index contributed by atoms with van der Waals surface area (Å²) in [5.41, 5.74) is 7.22. The van der Waals surface area contributed by atoms with Gasteiger partial charge in [0, 0.05) is 18.3 Å². The zero-order chi connectivity index (χ0) is 13.7. The number of nitrogens with two attached hydrogens (primary N) is 1. The van der Waals surface area contributed by atoms with E-state index < -0.39 is 12.6 Å². The minimum Gasteiger partial charge on any atom is -0.461 e. The first-order chi connectivity index (χ1) is 9.20. The molecular weight excluding hydrogens is 249 g/mol. The minimum absolute atomic E-state index is 0.0560. The molecule has 6 heteroatoms. The number of ether oxygens (including phenoxy) is 1. The highest BCUT2D eigenvalue weighted by Crippen LogP contribution is 2.12. The Morgan fingerprint density at radius 2 is 2.26 bits per heavy atom. The van der Waals surface area contributed by atoms with Crippen molar-refractivity contribution in [2.75, 3.05) is 19.0 Å². The molecule has 100 valence electrons. The van der Waals surface area contributed by atoms with Crippen molar-refractivity contribution in [1.29, 1.82) is 0 Å². The van der Waals surface area contributed by atoms with Crippen molar-refractivity contribution in [2.24, 2.45) is 0 Å². The van der Waals surface area contributed by atoms with Crippen LogP contribution in [0.1, 0.15) is 16.9 Å². The monoisotopic (exact) mass is 263 g/mol. The lowest BCUT2D eigenvalue weighted by Crippen LogP contribution is -2.08. The summed E-state index contributed by atoms with van der Waals surface area (Å²) < 4.78 is 18.3. The van der Waals surface area contributed by atoms with Gasteiger partial charge in [-0.05, 0) is 24.3 Å². The van der Waals surface area contributed by atoms with Gasteiger partial charge in [-0.2, -0.15) is 5.10 Å². The van der Waals surface area contributed by atoms with Gasteiger partial charge < -0.3 is 10.5 Å². The first-order valence-electron chi connectivity index (χ1n) is 5.85. The second kappa shape index (κ2) is 5.99. The van der Waals surface area contributed by atoms with Crippen molar-refractivity contribution in [3.63, 3.8) is 0 Å². The van der Waals surface area contributed by atoms with E-state index in [1.54, 1.807) is 30.5 Å². The van der Waals surface area contributed by atoms with Gasteiger partial charge in [-0.3, -0.25) is 4.39 Å². The number of carbonyl (C=O) groups excluding carboxylic acids is 1. The molecule has 19 heavy (non-hydrogen) atoms. The molecule has 1 aromatic carbocycles. The summed E-state index contributed by atoms with van der Waals surface area (Å²) in [7, 11) is 0. The molecule has 0 spiro atoms. The van der Waals surface area contributed by atoms with Crippen molar-refractivity contribution >= 4 is 11.7 Å². The molecule has 0 radical (unpaired) electrons. The van der Waals surface area contributed by atoms with Gasteiger partial charge in [0.25, 0.3) is 0 Å². The largest absolute Gasteiger partial charge is 0.461 e. The summed E-state index contributed by atoms with van der Waals surface area (Å²) in [6, 6.07) is 8.67. The molecule has 1 heterocycles. The van der Waals surface area contributed by atoms with Crippen molar-refractivity contribution in [1.82, 2.24) is 9.78 Å². The number of rotatable bonds is 5. The normalized spacial score (nSPS) is 10.4. The summed E-state index contributed by atoms with van der Waals surface area (Å²) in [5, 5.41) is 4.09. The van der Waals surface area contributed by atoms with Crippen LogP contribution in [0.3, 0.4) is 0 Å². The molecule has 5 nitrogen and oxygen atoms in total. The van der Waals surface area contributed by atoms with Crippen molar-refractivity contribution < 1.29 is 13.9 Å². The molecule has 0 aliphatic heterocycles. The summed E-state index contributed by atoms with van der Waals surface area (Å²) in [6.07, 6.45) is 1.84. The second-order valence-electron chi connectivity index (χ2n) is 3.92. The Labute approximate surface area is 109 Å². The Kier molecular flexibility index (Phi) is 4.12. The zero-order valence-electron chi connectivity index (χ0n) is 10.3. The topological polar surface area (TPSA) is 70.1 Å². The molecule has 1 aromatic heterocycles. The van der Waals surface area contributed by atoms with E-state index in [1.165, 1.54) is 4.68 Å².